The highest BCUT2D eigenvalue weighted by atomic mass is 32.2. The van der Waals surface area contributed by atoms with Crippen LogP contribution in [0.4, 0.5) is 10.1 Å². The third kappa shape index (κ3) is 6.56. The molecule has 2 aromatic rings. The van der Waals surface area contributed by atoms with Gasteiger partial charge in [0, 0.05) is 18.0 Å². The lowest BCUT2D eigenvalue weighted by molar-refractivity contribution is -0.129. The van der Waals surface area contributed by atoms with E-state index in [1.807, 2.05) is 11.9 Å². The molecule has 0 radical (unpaired) electrons. The molecule has 32 heavy (non-hydrogen) atoms. The van der Waals surface area contributed by atoms with Crippen LogP contribution in [0, 0.1) is 5.82 Å². The largest absolute Gasteiger partial charge is 0.452 e. The van der Waals surface area contributed by atoms with Crippen molar-refractivity contribution in [3.8, 4) is 0 Å². The summed E-state index contributed by atoms with van der Waals surface area (Å²) in [5.41, 5.74) is 0.300. The summed E-state index contributed by atoms with van der Waals surface area (Å²) in [4.78, 5) is 39.6. The van der Waals surface area contributed by atoms with Gasteiger partial charge in [-0.2, -0.15) is 0 Å². The number of nitrogens with zero attached hydrogens (tertiary/aromatic N) is 1. The second-order valence-corrected chi connectivity index (χ2v) is 8.70. The number of rotatable bonds is 8. The molecule has 0 spiro atoms. The molecule has 1 aliphatic carbocycles. The van der Waals surface area contributed by atoms with E-state index in [2.05, 4.69) is 5.32 Å². The van der Waals surface area contributed by atoms with E-state index in [1.165, 1.54) is 36.4 Å². The van der Waals surface area contributed by atoms with E-state index in [0.29, 0.717) is 4.90 Å². The molecule has 1 aliphatic rings. The Labute approximate surface area is 191 Å². The van der Waals surface area contributed by atoms with Crippen LogP contribution in [-0.4, -0.2) is 48.1 Å². The van der Waals surface area contributed by atoms with Crippen LogP contribution in [0.2, 0.25) is 0 Å². The molecule has 2 aromatic carbocycles. The van der Waals surface area contributed by atoms with Gasteiger partial charge in [-0.1, -0.05) is 43.5 Å². The summed E-state index contributed by atoms with van der Waals surface area (Å²) < 4.78 is 18.7. The summed E-state index contributed by atoms with van der Waals surface area (Å²) in [5, 5.41) is 2.37. The minimum atomic E-state index is -0.676. The average molecular weight is 459 g/mol. The minimum absolute atomic E-state index is 0.0186. The van der Waals surface area contributed by atoms with Gasteiger partial charge in [-0.05, 0) is 37.1 Å². The number of hydrogen-bond acceptors (Lipinski definition) is 5. The van der Waals surface area contributed by atoms with Crippen LogP contribution < -0.4 is 5.32 Å². The van der Waals surface area contributed by atoms with Crippen molar-refractivity contribution in [1.82, 2.24) is 4.90 Å². The smallest absolute Gasteiger partial charge is 0.339 e. The Morgan fingerprint density at radius 2 is 1.75 bits per heavy atom. The fraction of sp³-hybridized carbons (Fsp3) is 0.375. The van der Waals surface area contributed by atoms with Gasteiger partial charge in [-0.15, -0.1) is 11.8 Å². The van der Waals surface area contributed by atoms with Crippen LogP contribution in [0.3, 0.4) is 0 Å². The Balaban J connectivity index is 1.53. The summed E-state index contributed by atoms with van der Waals surface area (Å²) in [6.45, 7) is -0.546. The van der Waals surface area contributed by atoms with Crippen molar-refractivity contribution in [2.75, 3.05) is 24.7 Å². The van der Waals surface area contributed by atoms with E-state index >= 15 is 0 Å². The fourth-order valence-electron chi connectivity index (χ4n) is 3.63. The van der Waals surface area contributed by atoms with Crippen LogP contribution >= 0.6 is 11.8 Å². The molecule has 0 unspecified atom stereocenters. The number of carbonyl (C=O) groups excluding carboxylic acids is 3. The van der Waals surface area contributed by atoms with Gasteiger partial charge in [-0.25, -0.2) is 9.18 Å². The van der Waals surface area contributed by atoms with E-state index in [-0.39, 0.29) is 29.0 Å². The van der Waals surface area contributed by atoms with Gasteiger partial charge < -0.3 is 15.0 Å². The third-order valence-corrected chi connectivity index (χ3v) is 6.51. The fourth-order valence-corrected chi connectivity index (χ4v) is 4.60. The number of esters is 1. The standard InChI is InChI=1S/C24H27FN2O4S/c1-27(17-9-3-2-4-10-17)23(29)16-32-21-14-8-5-11-18(21)24(30)31-15-22(28)26-20-13-7-6-12-19(20)25/h5-8,11-14,17H,2-4,9-10,15-16H2,1H3,(H,26,28). The average Bonchev–Trinajstić information content (AvgIpc) is 2.82. The molecular weight excluding hydrogens is 431 g/mol. The van der Waals surface area contributed by atoms with Gasteiger partial charge in [-0.3, -0.25) is 9.59 Å². The zero-order valence-corrected chi connectivity index (χ0v) is 18.8. The summed E-state index contributed by atoms with van der Waals surface area (Å²) in [7, 11) is 1.84. The Kier molecular flexibility index (Phi) is 8.67. The molecule has 0 heterocycles. The molecule has 1 fully saturated rings. The van der Waals surface area contributed by atoms with Crippen LogP contribution in [-0.2, 0) is 14.3 Å². The van der Waals surface area contributed by atoms with E-state index in [1.54, 1.807) is 30.3 Å². The normalized spacial score (nSPS) is 13.9. The maximum Gasteiger partial charge on any atom is 0.339 e. The first-order chi connectivity index (χ1) is 15.5. The lowest BCUT2D eigenvalue weighted by Gasteiger charge is -2.31. The first-order valence-corrected chi connectivity index (χ1v) is 11.6. The first-order valence-electron chi connectivity index (χ1n) is 10.6. The van der Waals surface area contributed by atoms with Gasteiger partial charge in [0.1, 0.15) is 5.82 Å². The molecule has 0 saturated heterocycles. The van der Waals surface area contributed by atoms with Crippen molar-refractivity contribution in [2.24, 2.45) is 0 Å². The number of ether oxygens (including phenoxy) is 1. The Bertz CT molecular complexity index is 963. The lowest BCUT2D eigenvalue weighted by atomic mass is 9.94. The van der Waals surface area contributed by atoms with E-state index in [9.17, 15) is 18.8 Å². The van der Waals surface area contributed by atoms with E-state index < -0.39 is 24.3 Å². The second-order valence-electron chi connectivity index (χ2n) is 7.69. The number of anilines is 1. The maximum absolute atomic E-state index is 13.6. The van der Waals surface area contributed by atoms with Gasteiger partial charge in [0.2, 0.25) is 5.91 Å². The summed E-state index contributed by atoms with van der Waals surface area (Å²) in [6.07, 6.45) is 5.58. The second kappa shape index (κ2) is 11.7. The summed E-state index contributed by atoms with van der Waals surface area (Å²) in [5.74, 6) is -1.65. The molecule has 0 bridgehead atoms. The number of amides is 2. The maximum atomic E-state index is 13.6. The van der Waals surface area contributed by atoms with Crippen LogP contribution in [0.5, 0.6) is 0 Å². The zero-order chi connectivity index (χ0) is 22.9. The number of thioether (sulfide) groups is 1. The van der Waals surface area contributed by atoms with Crippen LogP contribution in [0.15, 0.2) is 53.4 Å². The lowest BCUT2D eigenvalue weighted by Crippen LogP contribution is -2.39. The van der Waals surface area contributed by atoms with Crippen LogP contribution in [0.1, 0.15) is 42.5 Å². The quantitative estimate of drug-likeness (QED) is 0.466. The number of carbonyl (C=O) groups is 3. The number of hydrogen-bond donors (Lipinski definition) is 1. The molecular formula is C24H27FN2O4S. The predicted octanol–water partition coefficient (Wildman–Crippen LogP) is 4.50. The predicted molar refractivity (Wildman–Crippen MR) is 122 cm³/mol. The molecule has 1 saturated carbocycles. The van der Waals surface area contributed by atoms with Gasteiger partial charge in [0.25, 0.3) is 5.91 Å². The number of para-hydroxylation sites is 1. The highest BCUT2D eigenvalue weighted by molar-refractivity contribution is 8.00. The minimum Gasteiger partial charge on any atom is -0.452 e. The number of halogens is 1. The van der Waals surface area contributed by atoms with Crippen molar-refractivity contribution in [3.05, 3.63) is 59.9 Å². The van der Waals surface area contributed by atoms with Gasteiger partial charge >= 0.3 is 5.97 Å². The van der Waals surface area contributed by atoms with Crippen molar-refractivity contribution < 1.29 is 23.5 Å². The van der Waals surface area contributed by atoms with Crippen molar-refractivity contribution in [2.45, 2.75) is 43.0 Å². The molecule has 1 N–H and O–H groups in total. The Morgan fingerprint density at radius 1 is 1.06 bits per heavy atom. The summed E-state index contributed by atoms with van der Waals surface area (Å²) in [6, 6.07) is 12.8. The van der Waals surface area contributed by atoms with Gasteiger partial charge in [0.05, 0.1) is 17.0 Å². The van der Waals surface area contributed by atoms with Crippen LogP contribution in [0.25, 0.3) is 0 Å². The number of benzene rings is 2. The van der Waals surface area contributed by atoms with Crippen molar-refractivity contribution >= 4 is 35.2 Å². The molecule has 2 amide bonds. The molecule has 0 aromatic heterocycles. The molecule has 3 rings (SSSR count). The number of nitrogens with one attached hydrogen (secondary N) is 1. The first kappa shape index (κ1) is 23.8. The Hall–Kier alpha value is -2.87. The molecule has 6 nitrogen and oxygen atoms in total. The van der Waals surface area contributed by atoms with E-state index in [0.717, 1.165) is 25.7 Å². The van der Waals surface area contributed by atoms with E-state index in [4.69, 9.17) is 4.74 Å². The molecule has 0 aliphatic heterocycles. The van der Waals surface area contributed by atoms with Crippen molar-refractivity contribution in [1.29, 1.82) is 0 Å². The van der Waals surface area contributed by atoms with Gasteiger partial charge in [0.15, 0.2) is 6.61 Å². The highest BCUT2D eigenvalue weighted by Crippen LogP contribution is 2.26. The molecule has 170 valence electrons. The monoisotopic (exact) mass is 458 g/mol. The molecule has 8 heteroatoms. The Morgan fingerprint density at radius 3 is 2.50 bits per heavy atom. The topological polar surface area (TPSA) is 75.7 Å². The SMILES string of the molecule is CN(C(=O)CSc1ccccc1C(=O)OCC(=O)Nc1ccccc1F)C1CCCCC1. The third-order valence-electron chi connectivity index (χ3n) is 5.46. The highest BCUT2D eigenvalue weighted by Gasteiger charge is 2.23. The van der Waals surface area contributed by atoms with Crippen molar-refractivity contribution in [3.63, 3.8) is 0 Å². The summed E-state index contributed by atoms with van der Waals surface area (Å²) >= 11 is 1.27. The zero-order valence-electron chi connectivity index (χ0n) is 18.0. The molecule has 0 atom stereocenters.